The molecule has 3 heteroatoms. The molecule has 0 spiro atoms. The van der Waals surface area contributed by atoms with Gasteiger partial charge in [0, 0.05) is 10.9 Å². The van der Waals surface area contributed by atoms with Crippen molar-refractivity contribution in [2.45, 2.75) is 18.9 Å². The standard InChI is InChI=1S/C24H22BrOSi/c25-20-10-13-22(19-18-21-11-4-1-5-12-21)26-27(23-14-6-2-7-15-23)24-16-8-3-9-17-24/h1-9,11-12,14-17,22H,10,13,20H2. The predicted molar refractivity (Wildman–Crippen MR) is 119 cm³/mol. The van der Waals surface area contributed by atoms with Gasteiger partial charge in [-0.1, -0.05) is 107 Å². The lowest BCUT2D eigenvalue weighted by Gasteiger charge is -2.21. The molecule has 1 radical (unpaired) electrons. The van der Waals surface area contributed by atoms with Crippen molar-refractivity contribution in [1.29, 1.82) is 0 Å². The van der Waals surface area contributed by atoms with E-state index in [2.05, 4.69) is 76.3 Å². The third-order valence-electron chi connectivity index (χ3n) is 4.08. The van der Waals surface area contributed by atoms with Crippen LogP contribution in [-0.2, 0) is 4.43 Å². The lowest BCUT2D eigenvalue weighted by atomic mass is 10.2. The molecule has 1 nitrogen and oxygen atoms in total. The molecule has 0 saturated heterocycles. The normalized spacial score (nSPS) is 11.6. The van der Waals surface area contributed by atoms with Gasteiger partial charge in [0.05, 0.1) is 0 Å². The SMILES string of the molecule is BrCCCC(C#Cc1ccccc1)O[Si](c1ccccc1)c1ccccc1. The average Bonchev–Trinajstić information content (AvgIpc) is 2.75. The molecule has 0 aliphatic carbocycles. The van der Waals surface area contributed by atoms with Crippen LogP contribution in [0.4, 0.5) is 0 Å². The molecule has 0 fully saturated rings. The van der Waals surface area contributed by atoms with Crippen LogP contribution in [0, 0.1) is 11.8 Å². The van der Waals surface area contributed by atoms with Crippen LogP contribution in [0.25, 0.3) is 0 Å². The van der Waals surface area contributed by atoms with E-state index in [4.69, 9.17) is 4.43 Å². The van der Waals surface area contributed by atoms with Crippen LogP contribution in [0.5, 0.6) is 0 Å². The predicted octanol–water partition coefficient (Wildman–Crippen LogP) is 4.40. The van der Waals surface area contributed by atoms with Crippen molar-refractivity contribution < 1.29 is 4.43 Å². The second kappa shape index (κ2) is 10.9. The van der Waals surface area contributed by atoms with E-state index in [1.165, 1.54) is 10.4 Å². The number of hydrogen-bond acceptors (Lipinski definition) is 1. The van der Waals surface area contributed by atoms with Crippen LogP contribution in [0.1, 0.15) is 18.4 Å². The van der Waals surface area contributed by atoms with Gasteiger partial charge in [0.25, 0.3) is 9.04 Å². The minimum Gasteiger partial charge on any atom is -0.393 e. The van der Waals surface area contributed by atoms with Gasteiger partial charge in [-0.15, -0.1) is 0 Å². The van der Waals surface area contributed by atoms with E-state index in [-0.39, 0.29) is 6.10 Å². The molecular formula is C24H22BrOSi. The molecule has 3 rings (SSSR count). The molecule has 3 aromatic carbocycles. The summed E-state index contributed by atoms with van der Waals surface area (Å²) in [6.45, 7) is 0. The van der Waals surface area contributed by atoms with Crippen LogP contribution in [0.3, 0.4) is 0 Å². The van der Waals surface area contributed by atoms with Crippen LogP contribution in [-0.4, -0.2) is 20.5 Å². The lowest BCUT2D eigenvalue weighted by molar-refractivity contribution is 0.257. The summed E-state index contributed by atoms with van der Waals surface area (Å²) in [5, 5.41) is 3.46. The number of halogens is 1. The Morgan fingerprint density at radius 1 is 0.778 bits per heavy atom. The Hall–Kier alpha value is -2.12. The summed E-state index contributed by atoms with van der Waals surface area (Å²) < 4.78 is 6.65. The summed E-state index contributed by atoms with van der Waals surface area (Å²) in [5.74, 6) is 6.66. The van der Waals surface area contributed by atoms with Gasteiger partial charge in [0.15, 0.2) is 0 Å². The molecule has 0 aromatic heterocycles. The van der Waals surface area contributed by atoms with Crippen molar-refractivity contribution in [3.8, 4) is 11.8 Å². The van der Waals surface area contributed by atoms with Crippen molar-refractivity contribution >= 4 is 35.3 Å². The van der Waals surface area contributed by atoms with E-state index in [0.29, 0.717) is 0 Å². The largest absolute Gasteiger partial charge is 0.393 e. The zero-order valence-corrected chi connectivity index (χ0v) is 17.7. The van der Waals surface area contributed by atoms with Crippen molar-refractivity contribution in [1.82, 2.24) is 0 Å². The third kappa shape index (κ3) is 6.22. The van der Waals surface area contributed by atoms with Crippen molar-refractivity contribution in [2.24, 2.45) is 0 Å². The monoisotopic (exact) mass is 433 g/mol. The molecule has 1 atom stereocenters. The topological polar surface area (TPSA) is 9.23 Å². The van der Waals surface area contributed by atoms with E-state index < -0.39 is 9.04 Å². The Bertz CT molecular complexity index is 817. The average molecular weight is 434 g/mol. The first-order valence-corrected chi connectivity index (χ1v) is 11.7. The van der Waals surface area contributed by atoms with E-state index in [0.717, 1.165) is 23.7 Å². The quantitative estimate of drug-likeness (QED) is 0.304. The first-order chi connectivity index (χ1) is 13.4. The maximum absolute atomic E-state index is 6.65. The Kier molecular flexibility index (Phi) is 7.92. The summed E-state index contributed by atoms with van der Waals surface area (Å²) in [6, 6.07) is 31.2. The molecular weight excluding hydrogens is 412 g/mol. The lowest BCUT2D eigenvalue weighted by Crippen LogP contribution is -2.47. The Labute approximate surface area is 172 Å². The fourth-order valence-electron chi connectivity index (χ4n) is 2.73. The molecule has 3 aromatic rings. The van der Waals surface area contributed by atoms with Gasteiger partial charge in [-0.2, -0.15) is 0 Å². The van der Waals surface area contributed by atoms with Gasteiger partial charge in [-0.25, -0.2) is 0 Å². The fraction of sp³-hybridized carbons (Fsp3) is 0.167. The molecule has 0 saturated carbocycles. The van der Waals surface area contributed by atoms with E-state index in [9.17, 15) is 0 Å². The smallest absolute Gasteiger partial charge is 0.284 e. The molecule has 0 N–H and O–H groups in total. The highest BCUT2D eigenvalue weighted by molar-refractivity contribution is 9.09. The zero-order valence-electron chi connectivity index (χ0n) is 15.1. The minimum atomic E-state index is -1.35. The molecule has 0 aliphatic rings. The summed E-state index contributed by atoms with van der Waals surface area (Å²) in [4.78, 5) is 0. The van der Waals surface area contributed by atoms with Gasteiger partial charge in [0.2, 0.25) is 0 Å². The van der Waals surface area contributed by atoms with Crippen LogP contribution in [0.15, 0.2) is 91.0 Å². The Balaban J connectivity index is 1.87. The maximum atomic E-state index is 6.65. The van der Waals surface area contributed by atoms with Crippen molar-refractivity contribution in [2.75, 3.05) is 5.33 Å². The number of rotatable bonds is 7. The van der Waals surface area contributed by atoms with E-state index in [1.54, 1.807) is 0 Å². The highest BCUT2D eigenvalue weighted by Gasteiger charge is 2.22. The van der Waals surface area contributed by atoms with Gasteiger partial charge in [-0.3, -0.25) is 0 Å². The number of hydrogen-bond donors (Lipinski definition) is 0. The molecule has 0 aliphatic heterocycles. The van der Waals surface area contributed by atoms with Crippen molar-refractivity contribution in [3.63, 3.8) is 0 Å². The van der Waals surface area contributed by atoms with Crippen LogP contribution in [0.2, 0.25) is 0 Å². The third-order valence-corrected chi connectivity index (χ3v) is 6.88. The zero-order chi connectivity index (χ0) is 18.7. The molecule has 135 valence electrons. The Morgan fingerprint density at radius 3 is 1.81 bits per heavy atom. The van der Waals surface area contributed by atoms with Gasteiger partial charge >= 0.3 is 0 Å². The second-order valence-electron chi connectivity index (χ2n) is 6.13. The summed E-state index contributed by atoms with van der Waals surface area (Å²) in [5.41, 5.74) is 1.03. The van der Waals surface area contributed by atoms with Crippen molar-refractivity contribution in [3.05, 3.63) is 96.6 Å². The fourth-order valence-corrected chi connectivity index (χ4v) is 5.11. The number of benzene rings is 3. The van der Waals surface area contributed by atoms with E-state index in [1.807, 2.05) is 42.5 Å². The van der Waals surface area contributed by atoms with Crippen LogP contribution < -0.4 is 10.4 Å². The highest BCUT2D eigenvalue weighted by Crippen LogP contribution is 2.08. The molecule has 0 heterocycles. The van der Waals surface area contributed by atoms with Gasteiger partial charge in [-0.05, 0) is 35.3 Å². The van der Waals surface area contributed by atoms with Crippen LogP contribution >= 0.6 is 15.9 Å². The molecule has 0 amide bonds. The summed E-state index contributed by atoms with van der Waals surface area (Å²) >= 11 is 3.53. The molecule has 27 heavy (non-hydrogen) atoms. The van der Waals surface area contributed by atoms with Gasteiger partial charge in [0.1, 0.15) is 6.10 Å². The highest BCUT2D eigenvalue weighted by atomic mass is 79.9. The van der Waals surface area contributed by atoms with E-state index >= 15 is 0 Å². The summed E-state index contributed by atoms with van der Waals surface area (Å²) in [7, 11) is -1.35. The second-order valence-corrected chi connectivity index (χ2v) is 8.98. The molecule has 1 unspecified atom stereocenters. The Morgan fingerprint density at radius 2 is 1.30 bits per heavy atom. The summed E-state index contributed by atoms with van der Waals surface area (Å²) in [6.07, 6.45) is 1.86. The van der Waals surface area contributed by atoms with Gasteiger partial charge < -0.3 is 4.43 Å². The molecule has 0 bridgehead atoms. The number of alkyl halides is 1. The first kappa shape index (κ1) is 19.6. The first-order valence-electron chi connectivity index (χ1n) is 9.14. The minimum absolute atomic E-state index is 0.0861. The maximum Gasteiger partial charge on any atom is 0.284 e.